The molecule has 0 N–H and O–H groups in total. The van der Waals surface area contributed by atoms with E-state index in [4.69, 9.17) is 11.6 Å². The second-order valence-electron chi connectivity index (χ2n) is 3.39. The third kappa shape index (κ3) is 2.33. The summed E-state index contributed by atoms with van der Waals surface area (Å²) >= 11 is 5.75. The molecule has 0 fully saturated rings. The number of rotatable bonds is 3. The van der Waals surface area contributed by atoms with Gasteiger partial charge in [-0.2, -0.15) is 0 Å². The van der Waals surface area contributed by atoms with Crippen molar-refractivity contribution in [3.63, 3.8) is 0 Å². The molecule has 0 aliphatic rings. The van der Waals surface area contributed by atoms with Crippen molar-refractivity contribution in [3.05, 3.63) is 41.5 Å². The number of pyridine rings is 1. The summed E-state index contributed by atoms with van der Waals surface area (Å²) in [5.41, 5.74) is 3.16. The number of nitrogens with zero attached hydrogens (tertiary/aromatic N) is 4. The molecule has 5 heteroatoms. The van der Waals surface area contributed by atoms with E-state index in [0.29, 0.717) is 12.4 Å². The van der Waals surface area contributed by atoms with E-state index in [1.807, 2.05) is 19.3 Å². The lowest BCUT2D eigenvalue weighted by Gasteiger charge is -2.04. The van der Waals surface area contributed by atoms with Crippen LogP contribution in [0.25, 0.3) is 0 Å². The first-order chi connectivity index (χ1) is 7.29. The van der Waals surface area contributed by atoms with Crippen LogP contribution in [0.3, 0.4) is 0 Å². The van der Waals surface area contributed by atoms with Crippen LogP contribution in [0.1, 0.15) is 16.8 Å². The molecular formula is C10H11ClN4. The maximum absolute atomic E-state index is 5.75. The topological polar surface area (TPSA) is 43.6 Å². The van der Waals surface area contributed by atoms with Gasteiger partial charge in [-0.3, -0.25) is 4.98 Å². The Bertz CT molecular complexity index is 452. The second kappa shape index (κ2) is 4.40. The van der Waals surface area contributed by atoms with Crippen molar-refractivity contribution in [2.75, 3.05) is 0 Å². The number of halogens is 1. The quantitative estimate of drug-likeness (QED) is 0.744. The number of alkyl halides is 1. The Labute approximate surface area is 92.9 Å². The zero-order valence-electron chi connectivity index (χ0n) is 8.39. The lowest BCUT2D eigenvalue weighted by Crippen LogP contribution is -2.05. The van der Waals surface area contributed by atoms with Crippen LogP contribution in [0.4, 0.5) is 0 Å². The van der Waals surface area contributed by atoms with Crippen LogP contribution in [-0.4, -0.2) is 20.0 Å². The molecule has 2 rings (SSSR count). The minimum atomic E-state index is 0.423. The van der Waals surface area contributed by atoms with E-state index in [1.54, 1.807) is 10.9 Å². The van der Waals surface area contributed by atoms with Gasteiger partial charge >= 0.3 is 0 Å². The molecule has 4 nitrogen and oxygen atoms in total. The Morgan fingerprint density at radius 2 is 2.20 bits per heavy atom. The molecule has 0 saturated carbocycles. The average Bonchev–Trinajstić information content (AvgIpc) is 2.65. The van der Waals surface area contributed by atoms with Gasteiger partial charge in [-0.15, -0.1) is 16.7 Å². The van der Waals surface area contributed by atoms with Crippen molar-refractivity contribution in [3.8, 4) is 0 Å². The molecular weight excluding hydrogens is 212 g/mol. The molecule has 15 heavy (non-hydrogen) atoms. The number of aromatic nitrogens is 4. The van der Waals surface area contributed by atoms with Crippen LogP contribution in [0.2, 0.25) is 0 Å². The van der Waals surface area contributed by atoms with Crippen LogP contribution in [0.5, 0.6) is 0 Å². The summed E-state index contributed by atoms with van der Waals surface area (Å²) < 4.78 is 1.78. The Morgan fingerprint density at radius 3 is 2.93 bits per heavy atom. The van der Waals surface area contributed by atoms with E-state index in [9.17, 15) is 0 Å². The average molecular weight is 223 g/mol. The van der Waals surface area contributed by atoms with Gasteiger partial charge in [0.05, 0.1) is 24.3 Å². The Balaban J connectivity index is 2.22. The van der Waals surface area contributed by atoms with Crippen LogP contribution >= 0.6 is 11.6 Å². The minimum absolute atomic E-state index is 0.423. The molecule has 2 aromatic rings. The van der Waals surface area contributed by atoms with Gasteiger partial charge in [-0.25, -0.2) is 4.68 Å². The van der Waals surface area contributed by atoms with E-state index in [2.05, 4.69) is 21.4 Å². The van der Waals surface area contributed by atoms with Gasteiger partial charge in [0.2, 0.25) is 0 Å². The molecule has 0 amide bonds. The lowest BCUT2D eigenvalue weighted by molar-refractivity contribution is 0.629. The monoisotopic (exact) mass is 222 g/mol. The predicted octanol–water partition coefficient (Wildman–Crippen LogP) is 1.77. The summed E-state index contributed by atoms with van der Waals surface area (Å²) in [6.07, 6.45) is 5.33. The van der Waals surface area contributed by atoms with Gasteiger partial charge in [0.1, 0.15) is 0 Å². The number of hydrogen-bond donors (Lipinski definition) is 0. The molecule has 0 unspecified atom stereocenters. The molecule has 0 atom stereocenters. The van der Waals surface area contributed by atoms with E-state index < -0.39 is 0 Å². The SMILES string of the molecule is Cc1cncc(Cn2nncc2CCl)c1. The van der Waals surface area contributed by atoms with Gasteiger partial charge in [0.25, 0.3) is 0 Å². The first-order valence-corrected chi connectivity index (χ1v) is 5.17. The summed E-state index contributed by atoms with van der Waals surface area (Å²) in [4.78, 5) is 4.13. The normalized spacial score (nSPS) is 10.5. The van der Waals surface area contributed by atoms with Crippen molar-refractivity contribution in [2.45, 2.75) is 19.3 Å². The summed E-state index contributed by atoms with van der Waals surface area (Å²) in [7, 11) is 0. The largest absolute Gasteiger partial charge is 0.264 e. The first kappa shape index (κ1) is 10.1. The van der Waals surface area contributed by atoms with Gasteiger partial charge in [-0.05, 0) is 18.1 Å². The van der Waals surface area contributed by atoms with Crippen molar-refractivity contribution < 1.29 is 0 Å². The molecule has 0 bridgehead atoms. The Hall–Kier alpha value is -1.42. The highest BCUT2D eigenvalue weighted by molar-refractivity contribution is 6.16. The summed E-state index contributed by atoms with van der Waals surface area (Å²) in [5.74, 6) is 0.423. The summed E-state index contributed by atoms with van der Waals surface area (Å²) in [6.45, 7) is 2.68. The van der Waals surface area contributed by atoms with Crippen molar-refractivity contribution in [1.82, 2.24) is 20.0 Å². The number of hydrogen-bond acceptors (Lipinski definition) is 3. The smallest absolute Gasteiger partial charge is 0.0738 e. The van der Waals surface area contributed by atoms with E-state index >= 15 is 0 Å². The Morgan fingerprint density at radius 1 is 1.33 bits per heavy atom. The first-order valence-electron chi connectivity index (χ1n) is 4.63. The molecule has 0 aromatic carbocycles. The third-order valence-electron chi connectivity index (χ3n) is 2.10. The van der Waals surface area contributed by atoms with Crippen molar-refractivity contribution >= 4 is 11.6 Å². The van der Waals surface area contributed by atoms with E-state index in [1.165, 1.54) is 0 Å². The van der Waals surface area contributed by atoms with Crippen LogP contribution < -0.4 is 0 Å². The lowest BCUT2D eigenvalue weighted by atomic mass is 10.2. The molecule has 0 spiro atoms. The van der Waals surface area contributed by atoms with Crippen LogP contribution in [0, 0.1) is 6.92 Å². The molecule has 0 saturated heterocycles. The predicted molar refractivity (Wildman–Crippen MR) is 57.7 cm³/mol. The Kier molecular flexibility index (Phi) is 2.97. The summed E-state index contributed by atoms with van der Waals surface area (Å²) in [6, 6.07) is 2.08. The van der Waals surface area contributed by atoms with E-state index in [-0.39, 0.29) is 0 Å². The fourth-order valence-corrected chi connectivity index (χ4v) is 1.60. The summed E-state index contributed by atoms with van der Waals surface area (Å²) in [5, 5.41) is 7.79. The maximum Gasteiger partial charge on any atom is 0.0738 e. The third-order valence-corrected chi connectivity index (χ3v) is 2.37. The second-order valence-corrected chi connectivity index (χ2v) is 3.65. The van der Waals surface area contributed by atoms with Crippen LogP contribution in [-0.2, 0) is 12.4 Å². The minimum Gasteiger partial charge on any atom is -0.264 e. The zero-order chi connectivity index (χ0) is 10.7. The highest BCUT2D eigenvalue weighted by atomic mass is 35.5. The van der Waals surface area contributed by atoms with Crippen LogP contribution in [0.15, 0.2) is 24.7 Å². The van der Waals surface area contributed by atoms with Gasteiger partial charge < -0.3 is 0 Å². The molecule has 0 radical (unpaired) electrons. The fourth-order valence-electron chi connectivity index (χ4n) is 1.39. The standard InChI is InChI=1S/C10H11ClN4/c1-8-2-9(5-12-4-8)7-15-10(3-11)6-13-14-15/h2,4-6H,3,7H2,1H3. The highest BCUT2D eigenvalue weighted by Crippen LogP contribution is 2.07. The number of aryl methyl sites for hydroxylation is 1. The molecule has 2 aromatic heterocycles. The van der Waals surface area contributed by atoms with E-state index in [0.717, 1.165) is 16.8 Å². The fraction of sp³-hybridized carbons (Fsp3) is 0.300. The maximum atomic E-state index is 5.75. The highest BCUT2D eigenvalue weighted by Gasteiger charge is 2.03. The molecule has 0 aliphatic heterocycles. The van der Waals surface area contributed by atoms with Gasteiger partial charge in [0, 0.05) is 12.4 Å². The van der Waals surface area contributed by atoms with Gasteiger partial charge in [0.15, 0.2) is 0 Å². The van der Waals surface area contributed by atoms with Gasteiger partial charge in [-0.1, -0.05) is 11.3 Å². The molecule has 0 aliphatic carbocycles. The zero-order valence-corrected chi connectivity index (χ0v) is 9.15. The molecule has 78 valence electrons. The van der Waals surface area contributed by atoms with Crippen molar-refractivity contribution in [2.24, 2.45) is 0 Å². The van der Waals surface area contributed by atoms with Crippen molar-refractivity contribution in [1.29, 1.82) is 0 Å². The molecule has 2 heterocycles.